The third-order valence-corrected chi connectivity index (χ3v) is 1.12. The van der Waals surface area contributed by atoms with Crippen LogP contribution in [-0.4, -0.2) is 0 Å². The van der Waals surface area contributed by atoms with Crippen LogP contribution in [0.3, 0.4) is 0 Å². The largest absolute Gasteiger partial charge is 0.100 e. The molecule has 0 bridgehead atoms. The van der Waals surface area contributed by atoms with Crippen molar-refractivity contribution in [3.8, 4) is 0 Å². The minimum absolute atomic E-state index is 1.13. The highest BCUT2D eigenvalue weighted by Gasteiger charge is 1.82. The van der Waals surface area contributed by atoms with Gasteiger partial charge < -0.3 is 0 Å². The topological polar surface area (TPSA) is 0 Å². The maximum Gasteiger partial charge on any atom is -0.0291 e. The molecule has 0 aliphatic rings. The molecule has 0 aromatic heterocycles. The van der Waals surface area contributed by atoms with E-state index in [4.69, 9.17) is 0 Å². The van der Waals surface area contributed by atoms with Crippen LogP contribution in [0.1, 0.15) is 33.6 Å². The second-order valence-electron chi connectivity index (χ2n) is 2.78. The lowest BCUT2D eigenvalue weighted by Gasteiger charge is -1.93. The van der Waals surface area contributed by atoms with E-state index in [2.05, 4.69) is 33.4 Å². The van der Waals surface area contributed by atoms with Gasteiger partial charge in [-0.15, -0.1) is 6.58 Å². The van der Waals surface area contributed by atoms with Crippen LogP contribution in [0.25, 0.3) is 0 Å². The zero-order valence-corrected chi connectivity index (χ0v) is 6.70. The molecular weight excluding hydrogens is 108 g/mol. The van der Waals surface area contributed by atoms with Crippen molar-refractivity contribution in [2.75, 3.05) is 0 Å². The summed E-state index contributed by atoms with van der Waals surface area (Å²) >= 11 is 0. The van der Waals surface area contributed by atoms with Crippen molar-refractivity contribution in [2.45, 2.75) is 33.6 Å². The van der Waals surface area contributed by atoms with E-state index in [0.717, 1.165) is 12.8 Å². The van der Waals surface area contributed by atoms with Crippen LogP contribution in [-0.2, 0) is 0 Å². The Labute approximate surface area is 58.3 Å². The number of hydrogen-bond acceptors (Lipinski definition) is 0. The van der Waals surface area contributed by atoms with Crippen molar-refractivity contribution in [3.63, 3.8) is 0 Å². The smallest absolute Gasteiger partial charge is 0.0291 e. The Morgan fingerprint density at radius 2 is 1.89 bits per heavy atom. The van der Waals surface area contributed by atoms with Gasteiger partial charge in [0.2, 0.25) is 0 Å². The minimum Gasteiger partial charge on any atom is -0.100 e. The maximum atomic E-state index is 3.82. The van der Waals surface area contributed by atoms with E-state index in [1.54, 1.807) is 0 Å². The van der Waals surface area contributed by atoms with E-state index in [0.29, 0.717) is 0 Å². The second-order valence-corrected chi connectivity index (χ2v) is 2.78. The van der Waals surface area contributed by atoms with E-state index < -0.39 is 0 Å². The van der Waals surface area contributed by atoms with Crippen molar-refractivity contribution in [3.05, 3.63) is 23.8 Å². The molecule has 0 rings (SSSR count). The first-order valence-corrected chi connectivity index (χ1v) is 3.40. The van der Waals surface area contributed by atoms with Gasteiger partial charge in [0, 0.05) is 0 Å². The van der Waals surface area contributed by atoms with Crippen LogP contribution in [0.4, 0.5) is 0 Å². The van der Waals surface area contributed by atoms with Gasteiger partial charge in [0.05, 0.1) is 0 Å². The first-order valence-electron chi connectivity index (χ1n) is 3.40. The Bertz CT molecular complexity index is 114. The van der Waals surface area contributed by atoms with Crippen LogP contribution in [0, 0.1) is 0 Å². The zero-order valence-electron chi connectivity index (χ0n) is 6.70. The first kappa shape index (κ1) is 8.48. The standard InChI is InChI=1S/C9H16/c1-8(2)6-5-7-9(3)4/h7H,1,5-6H2,2-4H3. The quantitative estimate of drug-likeness (QED) is 0.506. The Morgan fingerprint density at radius 3 is 2.22 bits per heavy atom. The molecule has 0 spiro atoms. The molecule has 52 valence electrons. The van der Waals surface area contributed by atoms with Crippen molar-refractivity contribution in [2.24, 2.45) is 0 Å². The van der Waals surface area contributed by atoms with E-state index in [9.17, 15) is 0 Å². The van der Waals surface area contributed by atoms with Crippen LogP contribution >= 0.6 is 0 Å². The highest BCUT2D eigenvalue weighted by atomic mass is 13.9. The second kappa shape index (κ2) is 4.37. The molecule has 0 unspecified atom stereocenters. The molecule has 0 radical (unpaired) electrons. The van der Waals surface area contributed by atoms with E-state index in [1.807, 2.05) is 0 Å². The van der Waals surface area contributed by atoms with Crippen LogP contribution in [0.2, 0.25) is 0 Å². The molecule has 0 aromatic rings. The summed E-state index contributed by atoms with van der Waals surface area (Å²) in [5.41, 5.74) is 2.67. The SMILES string of the molecule is C=C(C)CCC=C(C)C. The highest BCUT2D eigenvalue weighted by Crippen LogP contribution is 2.02. The molecule has 0 heteroatoms. The summed E-state index contributed by atoms with van der Waals surface area (Å²) in [7, 11) is 0. The summed E-state index contributed by atoms with van der Waals surface area (Å²) < 4.78 is 0. The molecule has 0 aliphatic heterocycles. The highest BCUT2D eigenvalue weighted by molar-refractivity contribution is 4.97. The van der Waals surface area contributed by atoms with Gasteiger partial charge >= 0.3 is 0 Å². The fraction of sp³-hybridized carbons (Fsp3) is 0.556. The summed E-state index contributed by atoms with van der Waals surface area (Å²) in [5.74, 6) is 0. The lowest BCUT2D eigenvalue weighted by Crippen LogP contribution is -1.72. The number of rotatable bonds is 3. The molecule has 0 atom stereocenters. The fourth-order valence-electron chi connectivity index (χ4n) is 0.607. The van der Waals surface area contributed by atoms with Crippen molar-refractivity contribution in [1.82, 2.24) is 0 Å². The van der Waals surface area contributed by atoms with E-state index in [-0.39, 0.29) is 0 Å². The molecule has 0 saturated carbocycles. The van der Waals surface area contributed by atoms with Crippen molar-refractivity contribution >= 4 is 0 Å². The monoisotopic (exact) mass is 124 g/mol. The van der Waals surface area contributed by atoms with Gasteiger partial charge in [-0.2, -0.15) is 0 Å². The summed E-state index contributed by atoms with van der Waals surface area (Å²) in [4.78, 5) is 0. The molecule has 0 heterocycles. The van der Waals surface area contributed by atoms with E-state index in [1.165, 1.54) is 11.1 Å². The Balaban J connectivity index is 3.31. The van der Waals surface area contributed by atoms with Gasteiger partial charge in [-0.1, -0.05) is 17.2 Å². The molecule has 0 nitrogen and oxygen atoms in total. The first-order chi connectivity index (χ1) is 4.13. The van der Waals surface area contributed by atoms with Gasteiger partial charge in [-0.05, 0) is 33.6 Å². The number of allylic oxidation sites excluding steroid dienone is 3. The van der Waals surface area contributed by atoms with Crippen molar-refractivity contribution < 1.29 is 0 Å². The minimum atomic E-state index is 1.13. The summed E-state index contributed by atoms with van der Waals surface area (Å²) in [6, 6.07) is 0. The van der Waals surface area contributed by atoms with Gasteiger partial charge in [0.1, 0.15) is 0 Å². The lowest BCUT2D eigenvalue weighted by molar-refractivity contribution is 0.972. The molecule has 0 fully saturated rings. The van der Waals surface area contributed by atoms with Gasteiger partial charge in [-0.3, -0.25) is 0 Å². The summed E-state index contributed by atoms with van der Waals surface area (Å²) in [6.45, 7) is 10.1. The van der Waals surface area contributed by atoms with Crippen LogP contribution in [0.15, 0.2) is 23.8 Å². The number of hydrogen-bond donors (Lipinski definition) is 0. The normalized spacial score (nSPS) is 8.78. The Morgan fingerprint density at radius 1 is 1.33 bits per heavy atom. The fourth-order valence-corrected chi connectivity index (χ4v) is 0.607. The van der Waals surface area contributed by atoms with E-state index >= 15 is 0 Å². The molecular formula is C9H16. The molecule has 0 saturated heterocycles. The van der Waals surface area contributed by atoms with Crippen LogP contribution in [0.5, 0.6) is 0 Å². The van der Waals surface area contributed by atoms with Crippen molar-refractivity contribution in [1.29, 1.82) is 0 Å². The third-order valence-electron chi connectivity index (χ3n) is 1.12. The Kier molecular flexibility index (Phi) is 4.12. The molecule has 9 heavy (non-hydrogen) atoms. The zero-order chi connectivity index (χ0) is 7.28. The van der Waals surface area contributed by atoms with Gasteiger partial charge in [-0.25, -0.2) is 0 Å². The third kappa shape index (κ3) is 7.48. The van der Waals surface area contributed by atoms with Gasteiger partial charge in [0.25, 0.3) is 0 Å². The molecule has 0 N–H and O–H groups in total. The van der Waals surface area contributed by atoms with Gasteiger partial charge in [0.15, 0.2) is 0 Å². The maximum absolute atomic E-state index is 3.82. The molecule has 0 aliphatic carbocycles. The predicted octanol–water partition coefficient (Wildman–Crippen LogP) is 3.31. The summed E-state index contributed by atoms with van der Waals surface area (Å²) in [5, 5.41) is 0. The average Bonchev–Trinajstić information content (AvgIpc) is 1.63. The average molecular weight is 124 g/mol. The van der Waals surface area contributed by atoms with Crippen LogP contribution < -0.4 is 0 Å². The Hall–Kier alpha value is -0.520. The molecule has 0 aromatic carbocycles. The molecule has 0 amide bonds. The lowest BCUT2D eigenvalue weighted by atomic mass is 10.1. The summed E-state index contributed by atoms with van der Waals surface area (Å²) in [6.07, 6.45) is 4.53. The predicted molar refractivity (Wildman–Crippen MR) is 43.5 cm³/mol.